The predicted octanol–water partition coefficient (Wildman–Crippen LogP) is 1.06. The van der Waals surface area contributed by atoms with E-state index in [0.29, 0.717) is 17.7 Å². The van der Waals surface area contributed by atoms with Gasteiger partial charge in [-0.1, -0.05) is 20.8 Å². The second-order valence-electron chi connectivity index (χ2n) is 6.26. The highest BCUT2D eigenvalue weighted by Gasteiger charge is 2.33. The first kappa shape index (κ1) is 16.7. The van der Waals surface area contributed by atoms with E-state index in [1.165, 1.54) is 0 Å². The molecule has 0 spiro atoms. The SMILES string of the molecule is CC(C)CN1CCN(C(=O)[C@@H]2CNC[C@H]2C)CC1.Cl. The van der Waals surface area contributed by atoms with Gasteiger partial charge in [0.1, 0.15) is 0 Å². The van der Waals surface area contributed by atoms with Gasteiger partial charge >= 0.3 is 0 Å². The Balaban J connectivity index is 0.00000180. The molecule has 1 amide bonds. The Kier molecular flexibility index (Phi) is 6.57. The van der Waals surface area contributed by atoms with Crippen molar-refractivity contribution in [3.05, 3.63) is 0 Å². The summed E-state index contributed by atoms with van der Waals surface area (Å²) < 4.78 is 0. The van der Waals surface area contributed by atoms with Crippen molar-refractivity contribution in [1.29, 1.82) is 0 Å². The molecule has 0 aromatic rings. The zero-order valence-electron chi connectivity index (χ0n) is 12.4. The quantitative estimate of drug-likeness (QED) is 0.844. The smallest absolute Gasteiger partial charge is 0.227 e. The number of carbonyl (C=O) groups excluding carboxylic acids is 1. The highest BCUT2D eigenvalue weighted by molar-refractivity contribution is 5.85. The second kappa shape index (κ2) is 7.46. The van der Waals surface area contributed by atoms with Gasteiger partial charge in [0.15, 0.2) is 0 Å². The lowest BCUT2D eigenvalue weighted by atomic mass is 9.96. The number of nitrogens with zero attached hydrogens (tertiary/aromatic N) is 2. The summed E-state index contributed by atoms with van der Waals surface area (Å²) in [4.78, 5) is 17.0. The number of hydrogen-bond acceptors (Lipinski definition) is 3. The summed E-state index contributed by atoms with van der Waals surface area (Å²) in [5, 5.41) is 3.32. The van der Waals surface area contributed by atoms with Crippen LogP contribution in [0.1, 0.15) is 20.8 Å². The van der Waals surface area contributed by atoms with Crippen LogP contribution in [-0.4, -0.2) is 61.5 Å². The van der Waals surface area contributed by atoms with Gasteiger partial charge in [0.2, 0.25) is 5.91 Å². The van der Waals surface area contributed by atoms with Crippen molar-refractivity contribution in [3.63, 3.8) is 0 Å². The Bertz CT molecular complexity index is 290. The molecule has 2 aliphatic heterocycles. The Morgan fingerprint density at radius 1 is 1.21 bits per heavy atom. The van der Waals surface area contributed by atoms with Crippen LogP contribution < -0.4 is 5.32 Å². The van der Waals surface area contributed by atoms with E-state index in [4.69, 9.17) is 0 Å². The lowest BCUT2D eigenvalue weighted by Gasteiger charge is -2.37. The summed E-state index contributed by atoms with van der Waals surface area (Å²) in [5.74, 6) is 1.79. The van der Waals surface area contributed by atoms with Gasteiger partial charge in [-0.2, -0.15) is 0 Å². The minimum absolute atomic E-state index is 0. The zero-order chi connectivity index (χ0) is 13.1. The van der Waals surface area contributed by atoms with Gasteiger partial charge in [0.05, 0.1) is 5.92 Å². The van der Waals surface area contributed by atoms with Gasteiger partial charge in [-0.25, -0.2) is 0 Å². The third kappa shape index (κ3) is 4.33. The fourth-order valence-electron chi connectivity index (χ4n) is 3.04. The van der Waals surface area contributed by atoms with Crippen LogP contribution in [-0.2, 0) is 4.79 Å². The van der Waals surface area contributed by atoms with Crippen LogP contribution in [0.5, 0.6) is 0 Å². The van der Waals surface area contributed by atoms with Crippen molar-refractivity contribution in [2.75, 3.05) is 45.8 Å². The second-order valence-corrected chi connectivity index (χ2v) is 6.26. The number of piperazine rings is 1. The largest absolute Gasteiger partial charge is 0.340 e. The standard InChI is InChI=1S/C14H27N3O.ClH/c1-11(2)10-16-4-6-17(7-5-16)14(18)13-9-15-8-12(13)3;/h11-13,15H,4-10H2,1-3H3;1H/t12-,13-;/m1./s1. The molecular weight excluding hydrogens is 262 g/mol. The van der Waals surface area contributed by atoms with Crippen LogP contribution in [0.3, 0.4) is 0 Å². The van der Waals surface area contributed by atoms with Crippen LogP contribution in [0.4, 0.5) is 0 Å². The van der Waals surface area contributed by atoms with Crippen molar-refractivity contribution >= 4 is 18.3 Å². The van der Waals surface area contributed by atoms with E-state index in [9.17, 15) is 4.79 Å². The summed E-state index contributed by atoms with van der Waals surface area (Å²) in [6.45, 7) is 13.6. The molecule has 0 radical (unpaired) electrons. The first-order valence-electron chi connectivity index (χ1n) is 7.29. The predicted molar refractivity (Wildman–Crippen MR) is 80.6 cm³/mol. The molecule has 0 aromatic carbocycles. The van der Waals surface area contributed by atoms with Gasteiger partial charge < -0.3 is 10.2 Å². The molecule has 112 valence electrons. The van der Waals surface area contributed by atoms with Crippen molar-refractivity contribution in [2.24, 2.45) is 17.8 Å². The first-order valence-corrected chi connectivity index (χ1v) is 7.29. The fourth-order valence-corrected chi connectivity index (χ4v) is 3.04. The Labute approximate surface area is 123 Å². The van der Waals surface area contributed by atoms with Crippen LogP contribution in [0.2, 0.25) is 0 Å². The maximum Gasteiger partial charge on any atom is 0.227 e. The van der Waals surface area contributed by atoms with Crippen LogP contribution in [0.15, 0.2) is 0 Å². The number of nitrogens with one attached hydrogen (secondary N) is 1. The third-order valence-electron chi connectivity index (χ3n) is 4.14. The number of carbonyl (C=O) groups is 1. The molecule has 0 bridgehead atoms. The minimum atomic E-state index is 0. The maximum absolute atomic E-state index is 12.4. The average molecular weight is 290 g/mol. The van der Waals surface area contributed by atoms with Crippen molar-refractivity contribution < 1.29 is 4.79 Å². The van der Waals surface area contributed by atoms with Gasteiger partial charge in [-0.15, -0.1) is 12.4 Å². The topological polar surface area (TPSA) is 35.6 Å². The van der Waals surface area contributed by atoms with Gasteiger partial charge in [0, 0.05) is 39.3 Å². The van der Waals surface area contributed by atoms with Crippen molar-refractivity contribution in [3.8, 4) is 0 Å². The number of hydrogen-bond donors (Lipinski definition) is 1. The monoisotopic (exact) mass is 289 g/mol. The van der Waals surface area contributed by atoms with Gasteiger partial charge in [0.25, 0.3) is 0 Å². The maximum atomic E-state index is 12.4. The van der Waals surface area contributed by atoms with E-state index >= 15 is 0 Å². The molecule has 0 aliphatic carbocycles. The third-order valence-corrected chi connectivity index (χ3v) is 4.14. The Morgan fingerprint density at radius 2 is 1.84 bits per heavy atom. The Morgan fingerprint density at radius 3 is 2.32 bits per heavy atom. The molecule has 2 fully saturated rings. The molecule has 4 nitrogen and oxygen atoms in total. The lowest BCUT2D eigenvalue weighted by molar-refractivity contribution is -0.137. The van der Waals surface area contributed by atoms with E-state index in [1.54, 1.807) is 0 Å². The number of halogens is 1. The van der Waals surface area contributed by atoms with Gasteiger partial charge in [-0.05, 0) is 18.4 Å². The van der Waals surface area contributed by atoms with E-state index in [1.807, 2.05) is 0 Å². The van der Waals surface area contributed by atoms with E-state index in [-0.39, 0.29) is 18.3 Å². The molecular formula is C14H28ClN3O. The van der Waals surface area contributed by atoms with Crippen LogP contribution in [0, 0.1) is 17.8 Å². The molecule has 2 heterocycles. The van der Waals surface area contributed by atoms with E-state index < -0.39 is 0 Å². The summed E-state index contributed by atoms with van der Waals surface area (Å²) in [6.07, 6.45) is 0. The van der Waals surface area contributed by atoms with E-state index in [2.05, 4.69) is 35.9 Å². The average Bonchev–Trinajstić information content (AvgIpc) is 2.75. The molecule has 2 saturated heterocycles. The highest BCUT2D eigenvalue weighted by atomic mass is 35.5. The Hall–Kier alpha value is -0.320. The molecule has 0 unspecified atom stereocenters. The van der Waals surface area contributed by atoms with Crippen LogP contribution >= 0.6 is 12.4 Å². The molecule has 19 heavy (non-hydrogen) atoms. The summed E-state index contributed by atoms with van der Waals surface area (Å²) in [7, 11) is 0. The lowest BCUT2D eigenvalue weighted by Crippen LogP contribution is -2.51. The minimum Gasteiger partial charge on any atom is -0.340 e. The molecule has 2 aliphatic rings. The van der Waals surface area contributed by atoms with E-state index in [0.717, 1.165) is 45.8 Å². The zero-order valence-corrected chi connectivity index (χ0v) is 13.2. The summed E-state index contributed by atoms with van der Waals surface area (Å²) >= 11 is 0. The normalized spacial score (nSPS) is 28.5. The molecule has 5 heteroatoms. The highest BCUT2D eigenvalue weighted by Crippen LogP contribution is 2.19. The van der Waals surface area contributed by atoms with Crippen LogP contribution in [0.25, 0.3) is 0 Å². The number of rotatable bonds is 3. The first-order chi connectivity index (χ1) is 8.58. The molecule has 0 aromatic heterocycles. The van der Waals surface area contributed by atoms with Crippen molar-refractivity contribution in [1.82, 2.24) is 15.1 Å². The van der Waals surface area contributed by atoms with Crippen molar-refractivity contribution in [2.45, 2.75) is 20.8 Å². The molecule has 2 rings (SSSR count). The summed E-state index contributed by atoms with van der Waals surface area (Å²) in [6, 6.07) is 0. The summed E-state index contributed by atoms with van der Waals surface area (Å²) in [5.41, 5.74) is 0. The molecule has 1 N–H and O–H groups in total. The molecule has 2 atom stereocenters. The molecule has 0 saturated carbocycles. The number of amides is 1. The fraction of sp³-hybridized carbons (Fsp3) is 0.929. The van der Waals surface area contributed by atoms with Gasteiger partial charge in [-0.3, -0.25) is 9.69 Å².